The largest absolute Gasteiger partial charge is 0.481 e. The Labute approximate surface area is 163 Å². The number of rotatable bonds is 10. The van der Waals surface area contributed by atoms with Crippen molar-refractivity contribution in [2.45, 2.75) is 38.5 Å². The molecule has 0 aliphatic rings. The SMILES string of the molecule is O=C(O)C[C@H](CCC(=O)OCc1ccccc1)NC(=O)OCc1ccccc1. The third kappa shape index (κ3) is 8.35. The first-order valence-electron chi connectivity index (χ1n) is 8.91. The number of hydrogen-bond acceptors (Lipinski definition) is 5. The molecule has 0 fully saturated rings. The maximum Gasteiger partial charge on any atom is 0.407 e. The lowest BCUT2D eigenvalue weighted by Gasteiger charge is -2.16. The van der Waals surface area contributed by atoms with Gasteiger partial charge in [0.2, 0.25) is 0 Å². The van der Waals surface area contributed by atoms with Crippen LogP contribution in [0.25, 0.3) is 0 Å². The van der Waals surface area contributed by atoms with E-state index in [1.807, 2.05) is 60.7 Å². The summed E-state index contributed by atoms with van der Waals surface area (Å²) in [7, 11) is 0. The van der Waals surface area contributed by atoms with E-state index in [1.165, 1.54) is 0 Å². The molecule has 7 nitrogen and oxygen atoms in total. The van der Waals surface area contributed by atoms with Crippen LogP contribution in [0.5, 0.6) is 0 Å². The maximum absolute atomic E-state index is 11.9. The number of carboxylic acids is 1. The van der Waals surface area contributed by atoms with E-state index in [2.05, 4.69) is 5.32 Å². The van der Waals surface area contributed by atoms with Crippen LogP contribution in [0.4, 0.5) is 4.79 Å². The summed E-state index contributed by atoms with van der Waals surface area (Å²) < 4.78 is 10.3. The van der Waals surface area contributed by atoms with E-state index < -0.39 is 24.1 Å². The van der Waals surface area contributed by atoms with Crippen molar-refractivity contribution in [3.63, 3.8) is 0 Å². The van der Waals surface area contributed by atoms with Crippen molar-refractivity contribution in [2.75, 3.05) is 0 Å². The predicted molar refractivity (Wildman–Crippen MR) is 101 cm³/mol. The topological polar surface area (TPSA) is 102 Å². The first-order valence-corrected chi connectivity index (χ1v) is 8.91. The van der Waals surface area contributed by atoms with Crippen molar-refractivity contribution in [3.05, 3.63) is 71.8 Å². The molecule has 148 valence electrons. The van der Waals surface area contributed by atoms with E-state index in [-0.39, 0.29) is 32.5 Å². The van der Waals surface area contributed by atoms with Gasteiger partial charge in [0, 0.05) is 12.5 Å². The molecule has 0 aromatic heterocycles. The second kappa shape index (κ2) is 11.4. The lowest BCUT2D eigenvalue weighted by molar-refractivity contribution is -0.145. The third-order valence-corrected chi connectivity index (χ3v) is 3.90. The minimum Gasteiger partial charge on any atom is -0.481 e. The number of hydrogen-bond donors (Lipinski definition) is 2. The van der Waals surface area contributed by atoms with Crippen LogP contribution < -0.4 is 5.32 Å². The summed E-state index contributed by atoms with van der Waals surface area (Å²) in [6.45, 7) is 0.224. The highest BCUT2D eigenvalue weighted by atomic mass is 16.5. The molecule has 0 heterocycles. The van der Waals surface area contributed by atoms with Crippen LogP contribution in [-0.2, 0) is 32.3 Å². The molecule has 28 heavy (non-hydrogen) atoms. The quantitative estimate of drug-likeness (QED) is 0.609. The van der Waals surface area contributed by atoms with Gasteiger partial charge in [0.15, 0.2) is 0 Å². The van der Waals surface area contributed by atoms with Gasteiger partial charge < -0.3 is 19.9 Å². The normalized spacial score (nSPS) is 11.3. The van der Waals surface area contributed by atoms with Crippen LogP contribution in [0.2, 0.25) is 0 Å². The predicted octanol–water partition coefficient (Wildman–Crippen LogP) is 3.28. The van der Waals surface area contributed by atoms with Gasteiger partial charge in [-0.15, -0.1) is 0 Å². The highest BCUT2D eigenvalue weighted by Crippen LogP contribution is 2.08. The van der Waals surface area contributed by atoms with Crippen LogP contribution in [-0.4, -0.2) is 29.2 Å². The summed E-state index contributed by atoms with van der Waals surface area (Å²) in [5, 5.41) is 11.5. The maximum atomic E-state index is 11.9. The molecule has 0 saturated carbocycles. The summed E-state index contributed by atoms with van der Waals surface area (Å²) in [4.78, 5) is 34.8. The monoisotopic (exact) mass is 385 g/mol. The van der Waals surface area contributed by atoms with Gasteiger partial charge in [0.05, 0.1) is 6.42 Å². The van der Waals surface area contributed by atoms with Gasteiger partial charge >= 0.3 is 18.0 Å². The zero-order valence-corrected chi connectivity index (χ0v) is 15.4. The van der Waals surface area contributed by atoms with Gasteiger partial charge in [-0.1, -0.05) is 60.7 Å². The number of carbonyl (C=O) groups is 3. The third-order valence-electron chi connectivity index (χ3n) is 3.90. The fraction of sp³-hybridized carbons (Fsp3) is 0.286. The molecule has 0 aliphatic carbocycles. The number of benzene rings is 2. The lowest BCUT2D eigenvalue weighted by atomic mass is 10.1. The lowest BCUT2D eigenvalue weighted by Crippen LogP contribution is -2.37. The molecule has 2 N–H and O–H groups in total. The summed E-state index contributed by atoms with van der Waals surface area (Å²) >= 11 is 0. The Morgan fingerprint density at radius 1 is 0.857 bits per heavy atom. The van der Waals surface area contributed by atoms with Crippen molar-refractivity contribution < 1.29 is 29.0 Å². The van der Waals surface area contributed by atoms with Crippen molar-refractivity contribution >= 4 is 18.0 Å². The average molecular weight is 385 g/mol. The number of alkyl carbamates (subject to hydrolysis) is 1. The summed E-state index contributed by atoms with van der Waals surface area (Å²) in [6.07, 6.45) is -0.913. The zero-order valence-electron chi connectivity index (χ0n) is 15.4. The van der Waals surface area contributed by atoms with Crippen molar-refractivity contribution in [3.8, 4) is 0 Å². The summed E-state index contributed by atoms with van der Waals surface area (Å²) in [5.74, 6) is -1.54. The van der Waals surface area contributed by atoms with E-state index in [9.17, 15) is 14.4 Å². The van der Waals surface area contributed by atoms with Gasteiger partial charge in [-0.2, -0.15) is 0 Å². The second-order valence-corrected chi connectivity index (χ2v) is 6.19. The molecule has 2 aromatic carbocycles. The second-order valence-electron chi connectivity index (χ2n) is 6.19. The summed E-state index contributed by atoms with van der Waals surface area (Å²) in [5.41, 5.74) is 1.68. The Balaban J connectivity index is 1.75. The summed E-state index contributed by atoms with van der Waals surface area (Å²) in [6, 6.07) is 17.6. The van der Waals surface area contributed by atoms with E-state index in [0.29, 0.717) is 0 Å². The standard InChI is InChI=1S/C21H23NO6/c23-19(24)13-18(22-21(26)28-15-17-9-5-2-6-10-17)11-12-20(25)27-14-16-7-3-1-4-8-16/h1-10,18H,11-15H2,(H,22,26)(H,23,24)/t18-/m0/s1. The number of aliphatic carboxylic acids is 1. The van der Waals surface area contributed by atoms with Gasteiger partial charge in [0.25, 0.3) is 0 Å². The van der Waals surface area contributed by atoms with Gasteiger partial charge in [0.1, 0.15) is 13.2 Å². The molecule has 0 radical (unpaired) electrons. The minimum absolute atomic E-state index is 0.0102. The van der Waals surface area contributed by atoms with E-state index in [1.54, 1.807) is 0 Å². The molecule has 2 aromatic rings. The van der Waals surface area contributed by atoms with Crippen LogP contribution in [0.1, 0.15) is 30.4 Å². The molecular formula is C21H23NO6. The number of esters is 1. The van der Waals surface area contributed by atoms with Crippen molar-refractivity contribution in [1.29, 1.82) is 0 Å². The average Bonchev–Trinajstić information content (AvgIpc) is 2.70. The van der Waals surface area contributed by atoms with Crippen LogP contribution >= 0.6 is 0 Å². The Morgan fingerprint density at radius 3 is 1.93 bits per heavy atom. The van der Waals surface area contributed by atoms with Gasteiger partial charge in [-0.3, -0.25) is 9.59 Å². The number of amides is 1. The molecule has 0 aliphatic heterocycles. The molecule has 0 saturated heterocycles. The first kappa shape index (κ1) is 21.0. The Morgan fingerprint density at radius 2 is 1.39 bits per heavy atom. The molecule has 0 bridgehead atoms. The van der Waals surface area contributed by atoms with Crippen LogP contribution in [0, 0.1) is 0 Å². The molecule has 0 spiro atoms. The van der Waals surface area contributed by atoms with E-state index in [0.717, 1.165) is 11.1 Å². The highest BCUT2D eigenvalue weighted by Gasteiger charge is 2.18. The minimum atomic E-state index is -1.08. The molecule has 1 atom stereocenters. The Kier molecular flexibility index (Phi) is 8.52. The molecule has 1 amide bonds. The Hall–Kier alpha value is -3.35. The number of carboxylic acid groups (broad SMARTS) is 1. The fourth-order valence-corrected chi connectivity index (χ4v) is 2.47. The van der Waals surface area contributed by atoms with Crippen molar-refractivity contribution in [1.82, 2.24) is 5.32 Å². The van der Waals surface area contributed by atoms with E-state index >= 15 is 0 Å². The van der Waals surface area contributed by atoms with Crippen molar-refractivity contribution in [2.24, 2.45) is 0 Å². The smallest absolute Gasteiger partial charge is 0.407 e. The molecule has 0 unspecified atom stereocenters. The molecule has 7 heteroatoms. The van der Waals surface area contributed by atoms with Gasteiger partial charge in [-0.05, 0) is 17.5 Å². The van der Waals surface area contributed by atoms with Crippen LogP contribution in [0.3, 0.4) is 0 Å². The van der Waals surface area contributed by atoms with E-state index in [4.69, 9.17) is 14.6 Å². The number of ether oxygens (including phenoxy) is 2. The first-order chi connectivity index (χ1) is 13.5. The molecule has 2 rings (SSSR count). The zero-order chi connectivity index (χ0) is 20.2. The number of carbonyl (C=O) groups excluding carboxylic acids is 2. The van der Waals surface area contributed by atoms with Gasteiger partial charge in [-0.25, -0.2) is 4.79 Å². The Bertz CT molecular complexity index is 763. The fourth-order valence-electron chi connectivity index (χ4n) is 2.47. The highest BCUT2D eigenvalue weighted by molar-refractivity contribution is 5.72. The number of nitrogens with one attached hydrogen (secondary N) is 1. The van der Waals surface area contributed by atoms with Crippen LogP contribution in [0.15, 0.2) is 60.7 Å². The molecular weight excluding hydrogens is 362 g/mol.